The van der Waals surface area contributed by atoms with Gasteiger partial charge in [0, 0.05) is 30.8 Å². The van der Waals surface area contributed by atoms with Crippen LogP contribution in [0, 0.1) is 12.8 Å². The average Bonchev–Trinajstić information content (AvgIpc) is 3.18. The predicted octanol–water partition coefficient (Wildman–Crippen LogP) is 3.98. The quantitative estimate of drug-likeness (QED) is 0.622. The summed E-state index contributed by atoms with van der Waals surface area (Å²) >= 11 is 0. The number of aromatic nitrogens is 2. The summed E-state index contributed by atoms with van der Waals surface area (Å²) < 4.78 is 1.66. The number of piperidine rings is 1. The first-order valence-corrected chi connectivity index (χ1v) is 10.1. The zero-order valence-corrected chi connectivity index (χ0v) is 16.6. The van der Waals surface area contributed by atoms with Gasteiger partial charge in [0.05, 0.1) is 5.69 Å². The van der Waals surface area contributed by atoms with Crippen molar-refractivity contribution in [2.24, 2.45) is 5.92 Å². The van der Waals surface area contributed by atoms with Crippen LogP contribution in [-0.4, -0.2) is 39.5 Å². The predicted molar refractivity (Wildman–Crippen MR) is 112 cm³/mol. The number of rotatable bonds is 5. The van der Waals surface area contributed by atoms with Crippen LogP contribution in [0.1, 0.15) is 28.9 Å². The molecule has 1 fully saturated rings. The van der Waals surface area contributed by atoms with Gasteiger partial charge in [0.15, 0.2) is 5.78 Å². The van der Waals surface area contributed by atoms with E-state index in [0.717, 1.165) is 29.7 Å². The number of carbonyl (C=O) groups is 2. The number of likely N-dealkylation sites (tertiary alicyclic amines) is 1. The highest BCUT2D eigenvalue weighted by atomic mass is 16.2. The molecule has 2 heterocycles. The number of carbonyl (C=O) groups excluding carboxylic acids is 2. The van der Waals surface area contributed by atoms with Crippen molar-refractivity contribution < 1.29 is 9.59 Å². The van der Waals surface area contributed by atoms with Crippen molar-refractivity contribution in [3.63, 3.8) is 0 Å². The van der Waals surface area contributed by atoms with Crippen LogP contribution in [0.3, 0.4) is 0 Å². The van der Waals surface area contributed by atoms with E-state index in [0.29, 0.717) is 18.7 Å². The average molecular weight is 387 g/mol. The lowest BCUT2D eigenvalue weighted by Crippen LogP contribution is -2.43. The fourth-order valence-electron chi connectivity index (χ4n) is 3.90. The third-order valence-corrected chi connectivity index (χ3v) is 5.49. The van der Waals surface area contributed by atoms with Gasteiger partial charge in [-0.05, 0) is 37.0 Å². The number of ketones is 1. The molecule has 0 unspecified atom stereocenters. The van der Waals surface area contributed by atoms with Crippen molar-refractivity contribution in [3.05, 3.63) is 78.1 Å². The monoisotopic (exact) mass is 387 g/mol. The van der Waals surface area contributed by atoms with E-state index < -0.39 is 0 Å². The van der Waals surface area contributed by atoms with Gasteiger partial charge in [-0.2, -0.15) is 5.10 Å². The highest BCUT2D eigenvalue weighted by Gasteiger charge is 2.29. The third-order valence-electron chi connectivity index (χ3n) is 5.49. The normalized spacial score (nSPS) is 16.6. The molecule has 1 aliphatic heterocycles. The summed E-state index contributed by atoms with van der Waals surface area (Å²) in [6, 6.07) is 19.8. The van der Waals surface area contributed by atoms with Gasteiger partial charge in [0.25, 0.3) is 0 Å². The summed E-state index contributed by atoms with van der Waals surface area (Å²) in [6.07, 6.45) is 3.49. The fraction of sp³-hybridized carbons (Fsp3) is 0.292. The van der Waals surface area contributed by atoms with Gasteiger partial charge in [-0.1, -0.05) is 54.6 Å². The van der Waals surface area contributed by atoms with Gasteiger partial charge in [0.2, 0.25) is 5.91 Å². The lowest BCUT2D eigenvalue weighted by atomic mass is 9.89. The Labute approximate surface area is 171 Å². The second kappa shape index (κ2) is 8.43. The Balaban J connectivity index is 1.41. The minimum Gasteiger partial charge on any atom is -0.340 e. The van der Waals surface area contributed by atoms with E-state index >= 15 is 0 Å². The molecule has 0 N–H and O–H groups in total. The van der Waals surface area contributed by atoms with Crippen molar-refractivity contribution in [2.45, 2.75) is 26.3 Å². The molecule has 5 nitrogen and oxygen atoms in total. The van der Waals surface area contributed by atoms with Crippen LogP contribution in [0.2, 0.25) is 0 Å². The zero-order chi connectivity index (χ0) is 20.2. The largest absolute Gasteiger partial charge is 0.340 e. The van der Waals surface area contributed by atoms with Crippen molar-refractivity contribution in [1.29, 1.82) is 0 Å². The van der Waals surface area contributed by atoms with E-state index in [-0.39, 0.29) is 24.2 Å². The molecule has 0 saturated carbocycles. The molecular weight excluding hydrogens is 362 g/mol. The molecule has 0 spiro atoms. The first kappa shape index (κ1) is 19.1. The van der Waals surface area contributed by atoms with Crippen LogP contribution in [-0.2, 0) is 11.3 Å². The Kier molecular flexibility index (Phi) is 5.56. The van der Waals surface area contributed by atoms with Gasteiger partial charge >= 0.3 is 0 Å². The van der Waals surface area contributed by atoms with Crippen LogP contribution >= 0.6 is 0 Å². The molecule has 0 radical (unpaired) electrons. The minimum atomic E-state index is -0.144. The van der Waals surface area contributed by atoms with E-state index in [1.165, 1.54) is 0 Å². The van der Waals surface area contributed by atoms with Gasteiger partial charge in [-0.3, -0.25) is 14.3 Å². The van der Waals surface area contributed by atoms with Crippen LogP contribution in [0.15, 0.2) is 66.9 Å². The zero-order valence-electron chi connectivity index (χ0n) is 16.6. The van der Waals surface area contributed by atoms with Gasteiger partial charge in [0.1, 0.15) is 6.54 Å². The van der Waals surface area contributed by atoms with E-state index in [9.17, 15) is 9.59 Å². The molecule has 1 amide bonds. The van der Waals surface area contributed by atoms with Crippen LogP contribution < -0.4 is 0 Å². The lowest BCUT2D eigenvalue weighted by molar-refractivity contribution is -0.133. The van der Waals surface area contributed by atoms with Crippen molar-refractivity contribution >= 4 is 11.7 Å². The van der Waals surface area contributed by atoms with Crippen molar-refractivity contribution in [1.82, 2.24) is 14.7 Å². The first-order valence-electron chi connectivity index (χ1n) is 10.1. The summed E-state index contributed by atoms with van der Waals surface area (Å²) in [5, 5.41) is 4.28. The number of nitrogens with zero attached hydrogens (tertiary/aromatic N) is 3. The Morgan fingerprint density at radius 1 is 1.00 bits per heavy atom. The fourth-order valence-corrected chi connectivity index (χ4v) is 3.90. The Morgan fingerprint density at radius 2 is 1.72 bits per heavy atom. The standard InChI is InChI=1S/C24H25N3O2/c1-18-13-15-27(25-18)17-23(28)26-14-5-8-22(16-26)24(29)21-11-9-20(10-12-21)19-6-3-2-4-7-19/h2-4,6-7,9-13,15,22H,5,8,14,16-17H2,1H3/t22-/m0/s1. The van der Waals surface area contributed by atoms with Crippen LogP contribution in [0.5, 0.6) is 0 Å². The molecule has 1 atom stereocenters. The van der Waals surface area contributed by atoms with Gasteiger partial charge in [-0.25, -0.2) is 0 Å². The Morgan fingerprint density at radius 3 is 2.41 bits per heavy atom. The maximum Gasteiger partial charge on any atom is 0.244 e. The molecule has 1 saturated heterocycles. The number of benzene rings is 2. The number of Topliss-reactive ketones (excluding diaryl/α,β-unsaturated/α-hetero) is 1. The summed E-state index contributed by atoms with van der Waals surface area (Å²) in [5.41, 5.74) is 3.84. The van der Waals surface area contributed by atoms with E-state index in [1.807, 2.05) is 61.7 Å². The smallest absolute Gasteiger partial charge is 0.244 e. The molecule has 4 rings (SSSR count). The number of hydrogen-bond donors (Lipinski definition) is 0. The number of aryl methyl sites for hydroxylation is 1. The van der Waals surface area contributed by atoms with Crippen LogP contribution in [0.4, 0.5) is 0 Å². The molecule has 1 aromatic heterocycles. The van der Waals surface area contributed by atoms with Crippen molar-refractivity contribution in [3.8, 4) is 11.1 Å². The molecular formula is C24H25N3O2. The lowest BCUT2D eigenvalue weighted by Gasteiger charge is -2.32. The SMILES string of the molecule is Cc1ccn(CC(=O)N2CCC[C@H](C(=O)c3ccc(-c4ccccc4)cc3)C2)n1. The van der Waals surface area contributed by atoms with E-state index in [4.69, 9.17) is 0 Å². The maximum atomic E-state index is 13.0. The highest BCUT2D eigenvalue weighted by molar-refractivity contribution is 5.98. The van der Waals surface area contributed by atoms with Crippen molar-refractivity contribution in [2.75, 3.05) is 13.1 Å². The molecule has 29 heavy (non-hydrogen) atoms. The molecule has 0 bridgehead atoms. The second-order valence-corrected chi connectivity index (χ2v) is 7.64. The highest BCUT2D eigenvalue weighted by Crippen LogP contribution is 2.24. The Bertz CT molecular complexity index is 992. The summed E-state index contributed by atoms with van der Waals surface area (Å²) in [6.45, 7) is 3.31. The molecule has 3 aromatic rings. The third kappa shape index (κ3) is 4.45. The van der Waals surface area contributed by atoms with Gasteiger partial charge < -0.3 is 4.90 Å². The minimum absolute atomic E-state index is 0.0185. The van der Waals surface area contributed by atoms with E-state index in [1.54, 1.807) is 9.58 Å². The first-order chi connectivity index (χ1) is 14.1. The summed E-state index contributed by atoms with van der Waals surface area (Å²) in [5.74, 6) is -0.00305. The number of amides is 1. The Hall–Kier alpha value is -3.21. The molecule has 1 aliphatic rings. The van der Waals surface area contributed by atoms with E-state index in [2.05, 4.69) is 17.2 Å². The number of hydrogen-bond acceptors (Lipinski definition) is 3. The molecule has 5 heteroatoms. The maximum absolute atomic E-state index is 13.0. The molecule has 2 aromatic carbocycles. The summed E-state index contributed by atoms with van der Waals surface area (Å²) in [4.78, 5) is 27.5. The summed E-state index contributed by atoms with van der Waals surface area (Å²) in [7, 11) is 0. The topological polar surface area (TPSA) is 55.2 Å². The van der Waals surface area contributed by atoms with Crippen LogP contribution in [0.25, 0.3) is 11.1 Å². The second-order valence-electron chi connectivity index (χ2n) is 7.64. The molecule has 148 valence electrons. The van der Waals surface area contributed by atoms with Gasteiger partial charge in [-0.15, -0.1) is 0 Å². The molecule has 0 aliphatic carbocycles.